The molecule has 0 atom stereocenters. The average Bonchev–Trinajstić information content (AvgIpc) is 2.38. The molecule has 2 aromatic rings. The van der Waals surface area contributed by atoms with Crippen molar-refractivity contribution in [2.75, 3.05) is 24.1 Å². The number of nitrogen functional groups attached to an aromatic ring is 1. The van der Waals surface area contributed by atoms with Crippen molar-refractivity contribution in [3.63, 3.8) is 0 Å². The first-order valence-electron chi connectivity index (χ1n) is 5.53. The molecule has 0 saturated heterocycles. The highest BCUT2D eigenvalue weighted by Crippen LogP contribution is 2.25. The van der Waals surface area contributed by atoms with Crippen LogP contribution in [0.25, 0.3) is 11.3 Å². The monoisotopic (exact) mass is 247 g/mol. The lowest BCUT2D eigenvalue weighted by atomic mass is 10.1. The van der Waals surface area contributed by atoms with Crippen LogP contribution in [0, 0.1) is 5.82 Å². The predicted octanol–water partition coefficient (Wildman–Crippen LogP) is 1.24. The zero-order valence-electron chi connectivity index (χ0n) is 9.73. The molecule has 0 aliphatic heterocycles. The van der Waals surface area contributed by atoms with Gasteiger partial charge in [-0.15, -0.1) is 0 Å². The number of nitrogens with one attached hydrogen (secondary N) is 1. The summed E-state index contributed by atoms with van der Waals surface area (Å²) in [5.74, 6) is -0.120. The molecule has 0 saturated carbocycles. The van der Waals surface area contributed by atoms with Gasteiger partial charge in [-0.3, -0.25) is 0 Å². The average molecular weight is 247 g/mol. The van der Waals surface area contributed by atoms with Gasteiger partial charge >= 0.3 is 0 Å². The fraction of sp³-hybridized carbons (Fsp3) is 0.167. The molecule has 0 amide bonds. The summed E-state index contributed by atoms with van der Waals surface area (Å²) in [5.41, 5.74) is 13.1. The van der Waals surface area contributed by atoms with Gasteiger partial charge in [-0.25, -0.2) is 14.4 Å². The fourth-order valence-corrected chi connectivity index (χ4v) is 1.56. The third-order valence-corrected chi connectivity index (χ3v) is 2.38. The number of benzene rings is 1. The van der Waals surface area contributed by atoms with Crippen molar-refractivity contribution in [3.05, 3.63) is 36.3 Å². The van der Waals surface area contributed by atoms with Crippen LogP contribution in [0.15, 0.2) is 30.5 Å². The summed E-state index contributed by atoms with van der Waals surface area (Å²) >= 11 is 0. The quantitative estimate of drug-likeness (QED) is 0.756. The Morgan fingerprint density at radius 2 is 1.94 bits per heavy atom. The van der Waals surface area contributed by atoms with Gasteiger partial charge in [0.2, 0.25) is 5.95 Å². The highest BCUT2D eigenvalue weighted by Gasteiger charge is 2.08. The Bertz CT molecular complexity index is 526. The van der Waals surface area contributed by atoms with Crippen LogP contribution >= 0.6 is 0 Å². The van der Waals surface area contributed by atoms with E-state index in [1.807, 2.05) is 0 Å². The van der Waals surface area contributed by atoms with Gasteiger partial charge in [0, 0.05) is 18.7 Å². The summed E-state index contributed by atoms with van der Waals surface area (Å²) in [7, 11) is 0. The van der Waals surface area contributed by atoms with Crippen molar-refractivity contribution in [2.45, 2.75) is 0 Å². The van der Waals surface area contributed by atoms with E-state index < -0.39 is 0 Å². The lowest BCUT2D eigenvalue weighted by Gasteiger charge is -2.10. The van der Waals surface area contributed by atoms with Gasteiger partial charge in [0.25, 0.3) is 0 Å². The van der Waals surface area contributed by atoms with E-state index in [4.69, 9.17) is 11.5 Å². The van der Waals surface area contributed by atoms with Crippen LogP contribution < -0.4 is 16.8 Å². The smallest absolute Gasteiger partial charge is 0.220 e. The van der Waals surface area contributed by atoms with Crippen LogP contribution in [0.3, 0.4) is 0 Å². The summed E-state index contributed by atoms with van der Waals surface area (Å²) < 4.78 is 12.9. The van der Waals surface area contributed by atoms with Crippen LogP contribution in [-0.2, 0) is 0 Å². The van der Waals surface area contributed by atoms with Gasteiger partial charge in [-0.05, 0) is 24.3 Å². The molecule has 0 fully saturated rings. The largest absolute Gasteiger partial charge is 0.381 e. The van der Waals surface area contributed by atoms with Gasteiger partial charge in [0.1, 0.15) is 5.82 Å². The van der Waals surface area contributed by atoms with Crippen molar-refractivity contribution < 1.29 is 4.39 Å². The highest BCUT2D eigenvalue weighted by atomic mass is 19.1. The number of hydrogen-bond acceptors (Lipinski definition) is 5. The van der Waals surface area contributed by atoms with E-state index >= 15 is 0 Å². The molecule has 0 radical (unpaired) electrons. The maximum Gasteiger partial charge on any atom is 0.220 e. The second-order valence-electron chi connectivity index (χ2n) is 3.71. The van der Waals surface area contributed by atoms with E-state index in [2.05, 4.69) is 15.3 Å². The van der Waals surface area contributed by atoms with E-state index in [9.17, 15) is 4.39 Å². The molecular formula is C12H14FN5. The summed E-state index contributed by atoms with van der Waals surface area (Å²) in [6.45, 7) is 1.09. The third kappa shape index (κ3) is 2.72. The first kappa shape index (κ1) is 12.3. The van der Waals surface area contributed by atoms with E-state index in [1.54, 1.807) is 18.3 Å². The van der Waals surface area contributed by atoms with Crippen molar-refractivity contribution in [3.8, 4) is 11.3 Å². The Morgan fingerprint density at radius 3 is 2.61 bits per heavy atom. The van der Waals surface area contributed by atoms with Gasteiger partial charge in [0.15, 0.2) is 0 Å². The van der Waals surface area contributed by atoms with Crippen LogP contribution in [0.4, 0.5) is 16.0 Å². The molecule has 0 aliphatic carbocycles. The molecule has 18 heavy (non-hydrogen) atoms. The highest BCUT2D eigenvalue weighted by molar-refractivity contribution is 5.74. The first-order valence-corrected chi connectivity index (χ1v) is 5.53. The SMILES string of the molecule is NCCNc1cnc(N)nc1-c1ccc(F)cc1. The van der Waals surface area contributed by atoms with E-state index in [1.165, 1.54) is 12.1 Å². The predicted molar refractivity (Wildman–Crippen MR) is 69.4 cm³/mol. The molecule has 0 spiro atoms. The van der Waals surface area contributed by atoms with Crippen LogP contribution in [0.2, 0.25) is 0 Å². The molecule has 0 aliphatic rings. The molecule has 1 heterocycles. The third-order valence-electron chi connectivity index (χ3n) is 2.38. The minimum atomic E-state index is -0.294. The minimum absolute atomic E-state index is 0.174. The second kappa shape index (κ2) is 5.42. The number of nitrogens with two attached hydrogens (primary N) is 2. The Balaban J connectivity index is 2.40. The number of anilines is 2. The number of aromatic nitrogens is 2. The summed E-state index contributed by atoms with van der Waals surface area (Å²) in [5, 5.41) is 3.10. The normalized spacial score (nSPS) is 10.3. The maximum absolute atomic E-state index is 12.9. The van der Waals surface area contributed by atoms with Gasteiger partial charge in [-0.2, -0.15) is 0 Å². The van der Waals surface area contributed by atoms with Crippen LogP contribution in [0.1, 0.15) is 0 Å². The number of nitrogens with zero attached hydrogens (tertiary/aromatic N) is 2. The molecule has 1 aromatic carbocycles. The van der Waals surface area contributed by atoms with Crippen molar-refractivity contribution in [1.29, 1.82) is 0 Å². The van der Waals surface area contributed by atoms with Crippen LogP contribution in [-0.4, -0.2) is 23.1 Å². The molecule has 0 bridgehead atoms. The molecule has 94 valence electrons. The Morgan fingerprint density at radius 1 is 1.22 bits per heavy atom. The van der Waals surface area contributed by atoms with E-state index in [-0.39, 0.29) is 11.8 Å². The maximum atomic E-state index is 12.9. The Hall–Kier alpha value is -2.21. The van der Waals surface area contributed by atoms with Crippen molar-refractivity contribution in [2.24, 2.45) is 5.73 Å². The molecular weight excluding hydrogens is 233 g/mol. The van der Waals surface area contributed by atoms with Crippen molar-refractivity contribution in [1.82, 2.24) is 9.97 Å². The lowest BCUT2D eigenvalue weighted by Crippen LogP contribution is -2.14. The summed E-state index contributed by atoms with van der Waals surface area (Å²) in [6, 6.07) is 6.04. The Kier molecular flexibility index (Phi) is 3.69. The second-order valence-corrected chi connectivity index (χ2v) is 3.71. The molecule has 5 nitrogen and oxygen atoms in total. The fourth-order valence-electron chi connectivity index (χ4n) is 1.56. The molecule has 0 unspecified atom stereocenters. The van der Waals surface area contributed by atoms with Crippen LogP contribution in [0.5, 0.6) is 0 Å². The van der Waals surface area contributed by atoms with E-state index in [0.717, 1.165) is 11.3 Å². The van der Waals surface area contributed by atoms with E-state index in [0.29, 0.717) is 18.8 Å². The zero-order valence-corrected chi connectivity index (χ0v) is 9.73. The molecule has 5 N–H and O–H groups in total. The zero-order chi connectivity index (χ0) is 13.0. The van der Waals surface area contributed by atoms with Gasteiger partial charge < -0.3 is 16.8 Å². The Labute approximate surface area is 104 Å². The van der Waals surface area contributed by atoms with Gasteiger partial charge in [-0.1, -0.05) is 0 Å². The topological polar surface area (TPSA) is 89.8 Å². The standard InChI is InChI=1S/C12H14FN5/c13-9-3-1-8(2-4-9)11-10(16-6-5-14)7-17-12(15)18-11/h1-4,7,16H,5-6,14H2,(H2,15,17,18). The first-order chi connectivity index (χ1) is 8.70. The minimum Gasteiger partial charge on any atom is -0.381 e. The summed E-state index contributed by atoms with van der Waals surface area (Å²) in [4.78, 5) is 8.09. The number of halogens is 1. The molecule has 2 rings (SSSR count). The van der Waals surface area contributed by atoms with Crippen molar-refractivity contribution >= 4 is 11.6 Å². The molecule has 6 heteroatoms. The summed E-state index contributed by atoms with van der Waals surface area (Å²) in [6.07, 6.45) is 1.59. The number of rotatable bonds is 4. The van der Waals surface area contributed by atoms with Gasteiger partial charge in [0.05, 0.1) is 17.6 Å². The lowest BCUT2D eigenvalue weighted by molar-refractivity contribution is 0.628. The molecule has 1 aromatic heterocycles. The number of hydrogen-bond donors (Lipinski definition) is 3.